The number of fused-ring (bicyclic) bond motifs is 1. The Morgan fingerprint density at radius 2 is 1.94 bits per heavy atom. The molecule has 4 aromatic rings. The summed E-state index contributed by atoms with van der Waals surface area (Å²) in [5.74, 6) is -0.126. The molecular formula is C23H17ClN6O3. The largest absolute Gasteiger partial charge is 0.305 e. The summed E-state index contributed by atoms with van der Waals surface area (Å²) in [7, 11) is 0. The first-order chi connectivity index (χ1) is 15.7. The third-order valence-electron chi connectivity index (χ3n) is 5.19. The van der Waals surface area contributed by atoms with Crippen molar-refractivity contribution < 1.29 is 9.72 Å². The van der Waals surface area contributed by atoms with E-state index in [-0.39, 0.29) is 22.0 Å². The summed E-state index contributed by atoms with van der Waals surface area (Å²) in [6, 6.07) is 11.6. The van der Waals surface area contributed by atoms with Crippen LogP contribution in [-0.2, 0) is 0 Å². The highest BCUT2D eigenvalue weighted by Gasteiger charge is 2.21. The molecule has 0 aliphatic carbocycles. The first-order valence-electron chi connectivity index (χ1n) is 9.82. The molecule has 1 amide bonds. The number of anilines is 1. The fourth-order valence-electron chi connectivity index (χ4n) is 3.63. The molecule has 0 unspecified atom stereocenters. The van der Waals surface area contributed by atoms with Crippen LogP contribution >= 0.6 is 11.6 Å². The maximum absolute atomic E-state index is 12.9. The van der Waals surface area contributed by atoms with E-state index < -0.39 is 16.5 Å². The van der Waals surface area contributed by atoms with Gasteiger partial charge in [0.1, 0.15) is 16.7 Å². The minimum absolute atomic E-state index is 0.0108. The van der Waals surface area contributed by atoms with E-state index >= 15 is 0 Å². The van der Waals surface area contributed by atoms with Crippen LogP contribution < -0.4 is 5.32 Å². The molecule has 1 N–H and O–H groups in total. The number of carbonyl (C=O) groups is 1. The van der Waals surface area contributed by atoms with Crippen LogP contribution in [0.5, 0.6) is 0 Å². The maximum Gasteiger partial charge on any atom is 0.288 e. The van der Waals surface area contributed by atoms with Crippen molar-refractivity contribution in [3.8, 4) is 11.9 Å². The fraction of sp³-hybridized carbons (Fsp3) is 0.130. The molecule has 0 atom stereocenters. The van der Waals surface area contributed by atoms with Gasteiger partial charge in [0.25, 0.3) is 11.6 Å². The van der Waals surface area contributed by atoms with E-state index in [1.807, 2.05) is 45.0 Å². The second kappa shape index (κ2) is 8.33. The molecule has 0 bridgehead atoms. The summed E-state index contributed by atoms with van der Waals surface area (Å²) >= 11 is 5.84. The van der Waals surface area contributed by atoms with Crippen LogP contribution in [0, 0.1) is 42.2 Å². The first-order valence-corrected chi connectivity index (χ1v) is 10.2. The number of pyridine rings is 1. The van der Waals surface area contributed by atoms with Gasteiger partial charge in [-0.15, -0.1) is 0 Å². The van der Waals surface area contributed by atoms with Gasteiger partial charge in [-0.3, -0.25) is 14.9 Å². The van der Waals surface area contributed by atoms with Crippen molar-refractivity contribution in [3.05, 3.63) is 85.5 Å². The Morgan fingerprint density at radius 1 is 1.18 bits per heavy atom. The van der Waals surface area contributed by atoms with Gasteiger partial charge in [0.05, 0.1) is 16.6 Å². The lowest BCUT2D eigenvalue weighted by Gasteiger charge is -2.13. The van der Waals surface area contributed by atoms with Crippen molar-refractivity contribution in [2.45, 2.75) is 20.8 Å². The molecule has 0 fully saturated rings. The number of halogens is 1. The lowest BCUT2D eigenvalue weighted by atomic mass is 10.0. The Hall–Kier alpha value is -4.29. The van der Waals surface area contributed by atoms with E-state index in [9.17, 15) is 20.2 Å². The molecule has 4 rings (SSSR count). The summed E-state index contributed by atoms with van der Waals surface area (Å²) in [4.78, 5) is 28.1. The number of aryl methyl sites for hydroxylation is 3. The maximum atomic E-state index is 12.9. The Kier molecular flexibility index (Phi) is 5.54. The lowest BCUT2D eigenvalue weighted by molar-refractivity contribution is -0.384. The van der Waals surface area contributed by atoms with Gasteiger partial charge in [0.15, 0.2) is 11.6 Å². The van der Waals surface area contributed by atoms with E-state index in [1.165, 1.54) is 23.0 Å². The number of carbonyl (C=O) groups excluding carboxylic acids is 1. The summed E-state index contributed by atoms with van der Waals surface area (Å²) < 4.78 is 1.37. The lowest BCUT2D eigenvalue weighted by Crippen LogP contribution is -2.17. The number of nitrogens with zero attached hydrogens (tertiary/aromatic N) is 5. The van der Waals surface area contributed by atoms with Crippen LogP contribution in [0.2, 0.25) is 5.02 Å². The van der Waals surface area contributed by atoms with Crippen LogP contribution in [0.15, 0.2) is 42.6 Å². The van der Waals surface area contributed by atoms with Crippen molar-refractivity contribution in [2.75, 3.05) is 5.32 Å². The van der Waals surface area contributed by atoms with E-state index in [2.05, 4.69) is 10.4 Å². The van der Waals surface area contributed by atoms with Gasteiger partial charge in [-0.05, 0) is 56.2 Å². The zero-order chi connectivity index (χ0) is 23.9. The molecule has 2 heterocycles. The van der Waals surface area contributed by atoms with E-state index in [1.54, 1.807) is 0 Å². The zero-order valence-corrected chi connectivity index (χ0v) is 18.6. The number of nitro benzene ring substituents is 1. The number of hydrogen-bond donors (Lipinski definition) is 1. The van der Waals surface area contributed by atoms with Crippen LogP contribution in [-0.4, -0.2) is 25.6 Å². The van der Waals surface area contributed by atoms with Crippen molar-refractivity contribution in [1.29, 1.82) is 5.26 Å². The van der Waals surface area contributed by atoms with Gasteiger partial charge in [-0.1, -0.05) is 23.2 Å². The normalized spacial score (nSPS) is 10.8. The Morgan fingerprint density at radius 3 is 2.64 bits per heavy atom. The minimum atomic E-state index is -0.671. The van der Waals surface area contributed by atoms with Gasteiger partial charge in [0, 0.05) is 17.0 Å². The molecule has 0 aliphatic heterocycles. The number of aromatic nitrogens is 3. The predicted molar refractivity (Wildman–Crippen MR) is 124 cm³/mol. The van der Waals surface area contributed by atoms with E-state index in [0.29, 0.717) is 5.82 Å². The van der Waals surface area contributed by atoms with Gasteiger partial charge in [0.2, 0.25) is 0 Å². The molecule has 164 valence electrons. The fourth-order valence-corrected chi connectivity index (χ4v) is 3.82. The van der Waals surface area contributed by atoms with Gasteiger partial charge < -0.3 is 5.32 Å². The van der Waals surface area contributed by atoms with Gasteiger partial charge >= 0.3 is 0 Å². The average Bonchev–Trinajstić information content (AvgIpc) is 3.16. The molecule has 9 nitrogen and oxygen atoms in total. The van der Waals surface area contributed by atoms with Crippen molar-refractivity contribution in [3.63, 3.8) is 0 Å². The van der Waals surface area contributed by atoms with Crippen LogP contribution in [0.4, 0.5) is 11.5 Å². The molecule has 2 aromatic heterocycles. The second-order valence-electron chi connectivity index (χ2n) is 7.58. The molecule has 0 aliphatic rings. The number of nitriles is 1. The summed E-state index contributed by atoms with van der Waals surface area (Å²) in [5.41, 5.74) is 3.59. The standard InChI is InChI=1S/C23H17ClN6O3/c1-12-6-14(3)21-17(7-12)13(2)8-20(27-21)29-22(16(10-25)11-26-29)28-23(31)15-4-5-18(24)19(9-15)30(32)33/h4-9,11H,1-3H3,(H,28,31). The van der Waals surface area contributed by atoms with Crippen LogP contribution in [0.3, 0.4) is 0 Å². The Labute approximate surface area is 193 Å². The van der Waals surface area contributed by atoms with Crippen LogP contribution in [0.1, 0.15) is 32.6 Å². The predicted octanol–water partition coefficient (Wildman–Crippen LogP) is 5.03. The van der Waals surface area contributed by atoms with E-state index in [0.717, 1.165) is 33.7 Å². The Bertz CT molecular complexity index is 1500. The van der Waals surface area contributed by atoms with E-state index in [4.69, 9.17) is 16.6 Å². The number of nitro groups is 1. The third kappa shape index (κ3) is 4.00. The number of nitrogens with one attached hydrogen (secondary N) is 1. The highest BCUT2D eigenvalue weighted by molar-refractivity contribution is 6.32. The highest BCUT2D eigenvalue weighted by Crippen LogP contribution is 2.28. The Balaban J connectivity index is 1.80. The molecular weight excluding hydrogens is 444 g/mol. The molecule has 0 saturated heterocycles. The number of amides is 1. The zero-order valence-electron chi connectivity index (χ0n) is 17.9. The smallest absolute Gasteiger partial charge is 0.288 e. The summed E-state index contributed by atoms with van der Waals surface area (Å²) in [6.07, 6.45) is 1.32. The quantitative estimate of drug-likeness (QED) is 0.336. The molecule has 2 aromatic carbocycles. The molecule has 0 spiro atoms. The van der Waals surface area contributed by atoms with Gasteiger partial charge in [-0.2, -0.15) is 15.0 Å². The monoisotopic (exact) mass is 460 g/mol. The SMILES string of the molecule is Cc1cc(C)c2nc(-n3ncc(C#N)c3NC(=O)c3ccc(Cl)c([N+](=O)[O-])c3)cc(C)c2c1. The first kappa shape index (κ1) is 21.9. The second-order valence-corrected chi connectivity index (χ2v) is 7.99. The third-order valence-corrected chi connectivity index (χ3v) is 5.50. The summed E-state index contributed by atoms with van der Waals surface area (Å²) in [5, 5.41) is 28.5. The minimum Gasteiger partial charge on any atom is -0.305 e. The average molecular weight is 461 g/mol. The summed E-state index contributed by atoms with van der Waals surface area (Å²) in [6.45, 7) is 5.93. The number of benzene rings is 2. The van der Waals surface area contributed by atoms with Gasteiger partial charge in [-0.25, -0.2) is 4.98 Å². The molecule has 33 heavy (non-hydrogen) atoms. The van der Waals surface area contributed by atoms with Crippen molar-refractivity contribution >= 4 is 39.9 Å². The van der Waals surface area contributed by atoms with Crippen molar-refractivity contribution in [2.24, 2.45) is 0 Å². The number of rotatable bonds is 4. The van der Waals surface area contributed by atoms with Crippen molar-refractivity contribution in [1.82, 2.24) is 14.8 Å². The molecule has 10 heteroatoms. The molecule has 0 saturated carbocycles. The topological polar surface area (TPSA) is 127 Å². The number of hydrogen-bond acceptors (Lipinski definition) is 6. The van der Waals surface area contributed by atoms with Crippen LogP contribution in [0.25, 0.3) is 16.7 Å². The molecule has 0 radical (unpaired) electrons. The highest BCUT2D eigenvalue weighted by atomic mass is 35.5.